The minimum atomic E-state index is -0.283. The molecule has 0 bridgehead atoms. The van der Waals surface area contributed by atoms with Crippen LogP contribution in [0.15, 0.2) is 84.0 Å². The summed E-state index contributed by atoms with van der Waals surface area (Å²) in [6.45, 7) is 2.55. The van der Waals surface area contributed by atoms with Gasteiger partial charge in [0, 0.05) is 6.54 Å². The summed E-state index contributed by atoms with van der Waals surface area (Å²) in [4.78, 5) is 22.7. The molecule has 5 rings (SSSR count). The number of nitrogen functional groups attached to an aromatic ring is 1. The van der Waals surface area contributed by atoms with Gasteiger partial charge in [-0.1, -0.05) is 72.3 Å². The quantitative estimate of drug-likeness (QED) is 0.270. The van der Waals surface area contributed by atoms with Crippen molar-refractivity contribution in [2.24, 2.45) is 5.10 Å². The Labute approximate surface area is 203 Å². The third kappa shape index (κ3) is 4.75. The molecular weight excluding hydrogens is 436 g/mol. The largest absolute Gasteiger partial charge is 0.383 e. The molecule has 0 aliphatic heterocycles. The number of carbonyl (C=O) groups is 1. The highest BCUT2D eigenvalue weighted by atomic mass is 16.1. The number of amides is 1. The van der Waals surface area contributed by atoms with Crippen LogP contribution in [0.25, 0.3) is 22.2 Å². The number of carbonyl (C=O) groups excluding carboxylic acids is 1. The molecule has 1 amide bonds. The van der Waals surface area contributed by atoms with Crippen LogP contribution in [0, 0.1) is 6.92 Å². The molecule has 174 valence electrons. The molecule has 2 aromatic heterocycles. The van der Waals surface area contributed by atoms with Crippen LogP contribution in [0.1, 0.15) is 33.5 Å². The maximum absolute atomic E-state index is 13.2. The van der Waals surface area contributed by atoms with Crippen LogP contribution < -0.4 is 11.1 Å². The van der Waals surface area contributed by atoms with Crippen LogP contribution in [-0.2, 0) is 6.42 Å². The van der Waals surface area contributed by atoms with Crippen molar-refractivity contribution in [3.63, 3.8) is 0 Å². The van der Waals surface area contributed by atoms with Gasteiger partial charge >= 0.3 is 0 Å². The highest BCUT2D eigenvalue weighted by Crippen LogP contribution is 2.27. The van der Waals surface area contributed by atoms with Crippen molar-refractivity contribution in [2.45, 2.75) is 19.8 Å². The van der Waals surface area contributed by atoms with E-state index in [2.05, 4.69) is 22.6 Å². The highest BCUT2D eigenvalue weighted by Gasteiger charge is 2.23. The maximum Gasteiger partial charge on any atom is 0.257 e. The van der Waals surface area contributed by atoms with Gasteiger partial charge in [-0.3, -0.25) is 4.79 Å². The molecule has 0 fully saturated rings. The predicted octanol–water partition coefficient (Wildman–Crippen LogP) is 4.72. The summed E-state index contributed by atoms with van der Waals surface area (Å²) in [5.41, 5.74) is 12.4. The summed E-state index contributed by atoms with van der Waals surface area (Å²) >= 11 is 0. The molecule has 0 unspecified atom stereocenters. The number of hydrogen-bond donors (Lipinski definition) is 2. The minimum absolute atomic E-state index is 0.208. The average Bonchev–Trinajstić information content (AvgIpc) is 3.15. The number of anilines is 1. The Morgan fingerprint density at radius 3 is 2.40 bits per heavy atom. The van der Waals surface area contributed by atoms with Crippen molar-refractivity contribution in [1.82, 2.24) is 20.0 Å². The molecule has 0 aliphatic rings. The van der Waals surface area contributed by atoms with Gasteiger partial charge in [-0.15, -0.1) is 0 Å². The van der Waals surface area contributed by atoms with Gasteiger partial charge in [-0.05, 0) is 43.0 Å². The smallest absolute Gasteiger partial charge is 0.257 e. The highest BCUT2D eigenvalue weighted by molar-refractivity contribution is 6.10. The van der Waals surface area contributed by atoms with Crippen LogP contribution in [0.3, 0.4) is 0 Å². The van der Waals surface area contributed by atoms with E-state index >= 15 is 0 Å². The molecule has 7 nitrogen and oxygen atoms in total. The van der Waals surface area contributed by atoms with Gasteiger partial charge in [0.05, 0.1) is 17.2 Å². The van der Waals surface area contributed by atoms with Gasteiger partial charge in [0.1, 0.15) is 16.9 Å². The van der Waals surface area contributed by atoms with Gasteiger partial charge in [-0.2, -0.15) is 9.78 Å². The lowest BCUT2D eigenvalue weighted by atomic mass is 10.1. The van der Waals surface area contributed by atoms with Crippen molar-refractivity contribution in [3.05, 3.63) is 101 Å². The number of aryl methyl sites for hydroxylation is 2. The first-order valence-corrected chi connectivity index (χ1v) is 11.6. The van der Waals surface area contributed by atoms with E-state index in [9.17, 15) is 4.79 Å². The monoisotopic (exact) mass is 462 g/mol. The van der Waals surface area contributed by atoms with E-state index in [-0.39, 0.29) is 11.7 Å². The molecule has 0 saturated carbocycles. The van der Waals surface area contributed by atoms with Gasteiger partial charge in [0.15, 0.2) is 5.65 Å². The number of hydrogen-bond acceptors (Lipinski definition) is 5. The van der Waals surface area contributed by atoms with Gasteiger partial charge < -0.3 is 11.1 Å². The Kier molecular flexibility index (Phi) is 6.22. The second-order valence-corrected chi connectivity index (χ2v) is 8.46. The lowest BCUT2D eigenvalue weighted by molar-refractivity contribution is 0.0955. The second kappa shape index (κ2) is 9.77. The molecule has 2 heterocycles. The van der Waals surface area contributed by atoms with Gasteiger partial charge in [-0.25, -0.2) is 9.97 Å². The molecule has 7 heteroatoms. The van der Waals surface area contributed by atoms with E-state index in [0.29, 0.717) is 34.3 Å². The third-order valence-electron chi connectivity index (χ3n) is 5.87. The summed E-state index contributed by atoms with van der Waals surface area (Å²) in [7, 11) is 0. The standard InChI is InChI=1S/C28H26N6O/c1-19-13-15-21(16-14-19)18-31-34-26(29)24(25-27(34)33-23-12-6-5-11-22(23)32-25)28(35)30-17-7-10-20-8-3-2-4-9-20/h2-6,8-9,11-16,18H,7,10,17,29H2,1H3,(H,30,35). The summed E-state index contributed by atoms with van der Waals surface area (Å²) < 4.78 is 1.49. The lowest BCUT2D eigenvalue weighted by Crippen LogP contribution is -2.25. The first kappa shape index (κ1) is 22.3. The fraction of sp³-hybridized carbons (Fsp3) is 0.143. The molecule has 5 aromatic rings. The van der Waals surface area contributed by atoms with E-state index in [1.807, 2.05) is 73.7 Å². The molecule has 0 spiro atoms. The first-order chi connectivity index (χ1) is 17.1. The fourth-order valence-corrected chi connectivity index (χ4v) is 3.99. The van der Waals surface area contributed by atoms with Crippen LogP contribution in [0.4, 0.5) is 5.82 Å². The Hall–Kier alpha value is -4.52. The van der Waals surface area contributed by atoms with Gasteiger partial charge in [0.2, 0.25) is 0 Å². The number of rotatable bonds is 7. The number of para-hydroxylation sites is 2. The molecule has 0 saturated heterocycles. The first-order valence-electron chi connectivity index (χ1n) is 11.6. The molecule has 0 aliphatic carbocycles. The molecular formula is C28H26N6O. The van der Waals surface area contributed by atoms with E-state index in [0.717, 1.165) is 24.0 Å². The topological polar surface area (TPSA) is 98.2 Å². The molecule has 3 aromatic carbocycles. The average molecular weight is 463 g/mol. The van der Waals surface area contributed by atoms with E-state index in [4.69, 9.17) is 15.7 Å². The Bertz CT molecular complexity index is 1520. The zero-order chi connectivity index (χ0) is 24.2. The van der Waals surface area contributed by atoms with Crippen molar-refractivity contribution in [3.8, 4) is 0 Å². The van der Waals surface area contributed by atoms with Crippen LogP contribution in [0.2, 0.25) is 0 Å². The predicted molar refractivity (Wildman–Crippen MR) is 141 cm³/mol. The lowest BCUT2D eigenvalue weighted by Gasteiger charge is -2.06. The Morgan fingerprint density at radius 2 is 1.66 bits per heavy atom. The van der Waals surface area contributed by atoms with Crippen molar-refractivity contribution in [2.75, 3.05) is 12.3 Å². The Balaban J connectivity index is 1.47. The number of nitrogens with one attached hydrogen (secondary N) is 1. The zero-order valence-electron chi connectivity index (χ0n) is 19.5. The molecule has 3 N–H and O–H groups in total. The summed E-state index contributed by atoms with van der Waals surface area (Å²) in [6.07, 6.45) is 3.39. The maximum atomic E-state index is 13.2. The van der Waals surface area contributed by atoms with E-state index < -0.39 is 0 Å². The third-order valence-corrected chi connectivity index (χ3v) is 5.87. The van der Waals surface area contributed by atoms with Crippen molar-refractivity contribution in [1.29, 1.82) is 0 Å². The summed E-state index contributed by atoms with van der Waals surface area (Å²) in [5, 5.41) is 7.56. The number of nitrogens with two attached hydrogens (primary N) is 1. The number of fused-ring (bicyclic) bond motifs is 2. The summed E-state index contributed by atoms with van der Waals surface area (Å²) in [5.74, 6) is -0.0753. The molecule has 35 heavy (non-hydrogen) atoms. The molecule has 0 atom stereocenters. The zero-order valence-corrected chi connectivity index (χ0v) is 19.5. The second-order valence-electron chi connectivity index (χ2n) is 8.46. The van der Waals surface area contributed by atoms with Crippen molar-refractivity contribution < 1.29 is 4.79 Å². The fourth-order valence-electron chi connectivity index (χ4n) is 3.99. The van der Waals surface area contributed by atoms with E-state index in [1.165, 1.54) is 10.2 Å². The summed E-state index contributed by atoms with van der Waals surface area (Å²) in [6, 6.07) is 25.7. The number of nitrogens with zero attached hydrogens (tertiary/aromatic N) is 4. The molecule has 0 radical (unpaired) electrons. The number of aromatic nitrogens is 3. The Morgan fingerprint density at radius 1 is 0.971 bits per heavy atom. The number of benzene rings is 3. The normalized spacial score (nSPS) is 11.5. The van der Waals surface area contributed by atoms with Crippen molar-refractivity contribution >= 4 is 40.1 Å². The van der Waals surface area contributed by atoms with E-state index in [1.54, 1.807) is 6.21 Å². The van der Waals surface area contributed by atoms with Crippen LogP contribution in [0.5, 0.6) is 0 Å². The van der Waals surface area contributed by atoms with Gasteiger partial charge in [0.25, 0.3) is 5.91 Å². The van der Waals surface area contributed by atoms with Crippen LogP contribution in [-0.4, -0.2) is 33.3 Å². The van der Waals surface area contributed by atoms with Crippen LogP contribution >= 0.6 is 0 Å². The SMILES string of the molecule is Cc1ccc(C=Nn2c(N)c(C(=O)NCCCc3ccccc3)c3nc4ccccc4nc32)cc1. The minimum Gasteiger partial charge on any atom is -0.383 e.